The van der Waals surface area contributed by atoms with Crippen molar-refractivity contribution in [3.05, 3.63) is 66.1 Å². The minimum absolute atomic E-state index is 0.0519. The van der Waals surface area contributed by atoms with E-state index in [1.165, 1.54) is 30.9 Å². The minimum Gasteiger partial charge on any atom is -0.467 e. The van der Waals surface area contributed by atoms with Gasteiger partial charge in [0.25, 0.3) is 0 Å². The number of amidine groups is 1. The standard InChI is InChI=1S/C25H24F3N7O2S/c1-13-24(2,12-26)38-23(29)35-25(13,3)15-8-14(9-16(27)20(15)28)33-22-21-17(4-5-31-22)34-18(10-32-21)37-11-19-30-6-7-36-19/h4-10,13H,11-12H2,1-3H3,(H2,29,35)(H,31,33)/t13-,24-,25+/m1/s1. The lowest BCUT2D eigenvalue weighted by Gasteiger charge is -2.46. The molecule has 1 aromatic carbocycles. The van der Waals surface area contributed by atoms with Crippen LogP contribution in [0.3, 0.4) is 0 Å². The number of nitrogens with zero attached hydrogens (tertiary/aromatic N) is 5. The summed E-state index contributed by atoms with van der Waals surface area (Å²) in [5.41, 5.74) is 5.67. The third kappa shape index (κ3) is 4.62. The highest BCUT2D eigenvalue weighted by Gasteiger charge is 2.50. The molecule has 0 bridgehead atoms. The van der Waals surface area contributed by atoms with E-state index in [0.717, 1.165) is 17.8 Å². The van der Waals surface area contributed by atoms with Crippen LogP contribution in [0.5, 0.6) is 5.88 Å². The molecule has 9 nitrogen and oxygen atoms in total. The van der Waals surface area contributed by atoms with Gasteiger partial charge in [0.05, 0.1) is 28.2 Å². The number of fused-ring (bicyclic) bond motifs is 1. The van der Waals surface area contributed by atoms with Crippen LogP contribution in [0.4, 0.5) is 24.7 Å². The zero-order valence-corrected chi connectivity index (χ0v) is 21.5. The highest BCUT2D eigenvalue weighted by atomic mass is 32.2. The van der Waals surface area contributed by atoms with E-state index in [1.54, 1.807) is 26.8 Å². The quantitative estimate of drug-likeness (QED) is 0.321. The zero-order chi connectivity index (χ0) is 27.1. The smallest absolute Gasteiger partial charge is 0.233 e. The Morgan fingerprint density at radius 1 is 1.18 bits per heavy atom. The van der Waals surface area contributed by atoms with Crippen LogP contribution in [0, 0.1) is 17.6 Å². The van der Waals surface area contributed by atoms with Crippen molar-refractivity contribution in [2.24, 2.45) is 16.6 Å². The number of pyridine rings is 1. The monoisotopic (exact) mass is 543 g/mol. The van der Waals surface area contributed by atoms with E-state index in [0.29, 0.717) is 16.9 Å². The van der Waals surface area contributed by atoms with Crippen LogP contribution in [0.2, 0.25) is 0 Å². The molecule has 3 atom stereocenters. The van der Waals surface area contributed by atoms with Crippen LogP contribution in [0.1, 0.15) is 32.2 Å². The fourth-order valence-electron chi connectivity index (χ4n) is 4.42. The number of halogens is 3. The Hall–Kier alpha value is -3.87. The molecule has 0 amide bonds. The molecule has 5 rings (SSSR count). The second-order valence-electron chi connectivity index (χ2n) is 9.26. The van der Waals surface area contributed by atoms with E-state index < -0.39 is 34.5 Å². The summed E-state index contributed by atoms with van der Waals surface area (Å²) in [5, 5.41) is 3.11. The van der Waals surface area contributed by atoms with Crippen LogP contribution >= 0.6 is 11.8 Å². The van der Waals surface area contributed by atoms with Gasteiger partial charge >= 0.3 is 0 Å². The normalized spacial score (nSPS) is 23.3. The molecule has 0 aliphatic carbocycles. The van der Waals surface area contributed by atoms with Crippen molar-refractivity contribution in [2.75, 3.05) is 12.0 Å². The van der Waals surface area contributed by atoms with E-state index >= 15 is 4.39 Å². The highest BCUT2D eigenvalue weighted by molar-refractivity contribution is 8.15. The Morgan fingerprint density at radius 3 is 2.74 bits per heavy atom. The molecule has 0 spiro atoms. The lowest BCUT2D eigenvalue weighted by molar-refractivity contribution is 0.220. The van der Waals surface area contributed by atoms with Crippen molar-refractivity contribution in [3.63, 3.8) is 0 Å². The largest absolute Gasteiger partial charge is 0.467 e. The molecular formula is C25H24F3N7O2S. The molecule has 4 heterocycles. The molecule has 3 aromatic heterocycles. The number of oxazole rings is 1. The number of aromatic nitrogens is 4. The molecule has 0 radical (unpaired) electrons. The fraction of sp³-hybridized carbons (Fsp3) is 0.320. The lowest BCUT2D eigenvalue weighted by Crippen LogP contribution is -2.49. The topological polar surface area (TPSA) is 124 Å². The first-order valence-corrected chi connectivity index (χ1v) is 12.4. The Bertz CT molecular complexity index is 1520. The van der Waals surface area contributed by atoms with Gasteiger partial charge in [-0.2, -0.15) is 0 Å². The Kier molecular flexibility index (Phi) is 6.63. The zero-order valence-electron chi connectivity index (χ0n) is 20.7. The number of rotatable bonds is 7. The first-order chi connectivity index (χ1) is 18.1. The van der Waals surface area contributed by atoms with Gasteiger partial charge < -0.3 is 20.2 Å². The molecule has 0 fully saturated rings. The van der Waals surface area contributed by atoms with Gasteiger partial charge in [0.15, 0.2) is 29.2 Å². The maximum Gasteiger partial charge on any atom is 0.233 e. The predicted octanol–water partition coefficient (Wildman–Crippen LogP) is 5.25. The Morgan fingerprint density at radius 2 is 2.00 bits per heavy atom. The number of alkyl halides is 1. The van der Waals surface area contributed by atoms with Gasteiger partial charge in [-0.15, -0.1) is 0 Å². The van der Waals surface area contributed by atoms with Gasteiger partial charge in [0.2, 0.25) is 11.8 Å². The molecule has 0 unspecified atom stereocenters. The summed E-state index contributed by atoms with van der Waals surface area (Å²) >= 11 is 1.09. The maximum absolute atomic E-state index is 15.2. The molecule has 3 N–H and O–H groups in total. The molecular weight excluding hydrogens is 519 g/mol. The summed E-state index contributed by atoms with van der Waals surface area (Å²) in [6, 6.07) is 4.08. The van der Waals surface area contributed by atoms with E-state index in [-0.39, 0.29) is 34.7 Å². The van der Waals surface area contributed by atoms with Crippen molar-refractivity contribution in [1.82, 2.24) is 19.9 Å². The second-order valence-corrected chi connectivity index (χ2v) is 10.8. The van der Waals surface area contributed by atoms with Crippen molar-refractivity contribution in [1.29, 1.82) is 0 Å². The van der Waals surface area contributed by atoms with Gasteiger partial charge in [-0.05, 0) is 26.0 Å². The predicted molar refractivity (Wildman–Crippen MR) is 138 cm³/mol. The molecule has 0 saturated carbocycles. The van der Waals surface area contributed by atoms with Crippen molar-refractivity contribution in [3.8, 4) is 5.88 Å². The van der Waals surface area contributed by atoms with E-state index in [1.807, 2.05) is 0 Å². The number of anilines is 2. The Balaban J connectivity index is 1.48. The SMILES string of the molecule is C[C@@H]1[C@@](C)(CF)SC(N)=N[C@]1(C)c1cc(Nc2nccc3nc(OCc4ncco4)cnc23)cc(F)c1F. The maximum atomic E-state index is 15.2. The summed E-state index contributed by atoms with van der Waals surface area (Å²) < 4.78 is 53.9. The van der Waals surface area contributed by atoms with Gasteiger partial charge in [0, 0.05) is 29.4 Å². The fourth-order valence-corrected chi connectivity index (χ4v) is 5.60. The summed E-state index contributed by atoms with van der Waals surface area (Å²) in [4.78, 5) is 21.5. The first-order valence-electron chi connectivity index (χ1n) is 11.6. The van der Waals surface area contributed by atoms with Gasteiger partial charge in [0.1, 0.15) is 18.5 Å². The first kappa shape index (κ1) is 25.8. The number of nitrogens with two attached hydrogens (primary N) is 1. The number of hydrogen-bond donors (Lipinski definition) is 2. The molecule has 198 valence electrons. The summed E-state index contributed by atoms with van der Waals surface area (Å²) in [6.45, 7) is 4.44. The Labute approximate surface area is 220 Å². The number of thioether (sulfide) groups is 1. The molecule has 4 aromatic rings. The van der Waals surface area contributed by atoms with Crippen LogP contribution in [0.15, 0.2) is 52.5 Å². The van der Waals surface area contributed by atoms with Crippen LogP contribution in [0.25, 0.3) is 11.0 Å². The highest BCUT2D eigenvalue weighted by Crippen LogP contribution is 2.51. The van der Waals surface area contributed by atoms with Gasteiger partial charge in [-0.1, -0.05) is 18.7 Å². The number of ether oxygens (including phenoxy) is 1. The third-order valence-corrected chi connectivity index (χ3v) is 8.03. The van der Waals surface area contributed by atoms with Crippen molar-refractivity contribution in [2.45, 2.75) is 37.7 Å². The molecule has 1 aliphatic heterocycles. The van der Waals surface area contributed by atoms with Crippen molar-refractivity contribution < 1.29 is 22.3 Å². The molecule has 38 heavy (non-hydrogen) atoms. The summed E-state index contributed by atoms with van der Waals surface area (Å²) in [7, 11) is 0. The number of nitrogens with one attached hydrogen (secondary N) is 1. The summed E-state index contributed by atoms with van der Waals surface area (Å²) in [6.07, 6.45) is 5.85. The van der Waals surface area contributed by atoms with E-state index in [2.05, 4.69) is 30.2 Å². The van der Waals surface area contributed by atoms with Crippen LogP contribution in [-0.2, 0) is 12.1 Å². The number of hydrogen-bond acceptors (Lipinski definition) is 10. The number of benzene rings is 1. The summed E-state index contributed by atoms with van der Waals surface area (Å²) in [5.74, 6) is -1.80. The number of aliphatic imine (C=N–C) groups is 1. The van der Waals surface area contributed by atoms with Crippen LogP contribution in [-0.4, -0.2) is 36.5 Å². The third-order valence-electron chi connectivity index (χ3n) is 6.81. The van der Waals surface area contributed by atoms with E-state index in [4.69, 9.17) is 14.9 Å². The lowest BCUT2D eigenvalue weighted by atomic mass is 9.74. The molecule has 1 aliphatic rings. The average molecular weight is 544 g/mol. The second kappa shape index (κ2) is 9.78. The molecule has 13 heteroatoms. The van der Waals surface area contributed by atoms with Crippen molar-refractivity contribution >= 4 is 39.5 Å². The van der Waals surface area contributed by atoms with Gasteiger partial charge in [-0.3, -0.25) is 4.99 Å². The average Bonchev–Trinajstić information content (AvgIpc) is 3.42. The van der Waals surface area contributed by atoms with Gasteiger partial charge in [-0.25, -0.2) is 33.1 Å². The van der Waals surface area contributed by atoms with Crippen LogP contribution < -0.4 is 15.8 Å². The minimum atomic E-state index is -1.32. The molecule has 0 saturated heterocycles. The van der Waals surface area contributed by atoms with E-state index in [9.17, 15) is 8.78 Å².